The number of nitrogens with one attached hydrogen (secondary N) is 1. The van der Waals surface area contributed by atoms with E-state index >= 15 is 0 Å². The van der Waals surface area contributed by atoms with E-state index in [0.717, 1.165) is 18.5 Å². The van der Waals surface area contributed by atoms with Gasteiger partial charge in [-0.25, -0.2) is 19.6 Å². The number of fused-ring (bicyclic) bond motifs is 3. The van der Waals surface area contributed by atoms with Crippen LogP contribution >= 0.6 is 0 Å². The first kappa shape index (κ1) is 26.8. The van der Waals surface area contributed by atoms with Gasteiger partial charge in [-0.05, 0) is 24.8 Å². The zero-order valence-electron chi connectivity index (χ0n) is 21.6. The van der Waals surface area contributed by atoms with Gasteiger partial charge in [0.1, 0.15) is 13.2 Å². The molecule has 4 heterocycles. The van der Waals surface area contributed by atoms with Gasteiger partial charge in [-0.3, -0.25) is 13.8 Å². The van der Waals surface area contributed by atoms with Gasteiger partial charge in [-0.2, -0.15) is 13.2 Å². The molecule has 1 saturated heterocycles. The van der Waals surface area contributed by atoms with E-state index in [0.29, 0.717) is 29.8 Å². The Morgan fingerprint density at radius 2 is 1.95 bits per heavy atom. The molecular weight excluding hydrogens is 519 g/mol. The molecule has 2 fully saturated rings. The molecule has 0 radical (unpaired) electrons. The molecule has 1 unspecified atom stereocenters. The van der Waals surface area contributed by atoms with Gasteiger partial charge >= 0.3 is 24.2 Å². The number of aromatic nitrogens is 4. The molecule has 14 heteroatoms. The molecule has 2 atom stereocenters. The fraction of sp³-hybridized carbons (Fsp3) is 0.560. The van der Waals surface area contributed by atoms with Crippen molar-refractivity contribution < 1.29 is 32.3 Å². The summed E-state index contributed by atoms with van der Waals surface area (Å²) < 4.78 is 46.3. The molecule has 1 aliphatic heterocycles. The second-order valence-corrected chi connectivity index (χ2v) is 10.1. The van der Waals surface area contributed by atoms with Gasteiger partial charge in [0.05, 0.1) is 24.2 Å². The number of esters is 1. The normalized spacial score (nSPS) is 19.6. The number of likely N-dealkylation sites (N-methyl/N-ethyl adjacent to an activating group) is 1. The summed E-state index contributed by atoms with van der Waals surface area (Å²) >= 11 is 0. The highest BCUT2D eigenvalue weighted by molar-refractivity contribution is 5.89. The number of hydrogen-bond acceptors (Lipinski definition) is 6. The van der Waals surface area contributed by atoms with Crippen LogP contribution in [0.2, 0.25) is 0 Å². The molecular formula is C25H30F3N7O4. The topological polar surface area (TPSA) is 114 Å². The Morgan fingerprint density at radius 1 is 1.18 bits per heavy atom. The van der Waals surface area contributed by atoms with Crippen molar-refractivity contribution in [1.82, 2.24) is 34.1 Å². The maximum absolute atomic E-state index is 13.2. The number of likely N-dealkylation sites (tertiary alicyclic amines) is 1. The van der Waals surface area contributed by atoms with Crippen LogP contribution in [0.3, 0.4) is 0 Å². The molecule has 3 aromatic heterocycles. The number of carbonyl (C=O) groups excluding carboxylic acids is 3. The number of carbonyl (C=O) groups is 3. The number of nitrogens with zero attached hydrogens (tertiary/aromatic N) is 6. The number of halogens is 3. The number of rotatable bonds is 7. The lowest BCUT2D eigenvalue weighted by Gasteiger charge is -2.18. The second-order valence-electron chi connectivity index (χ2n) is 10.1. The molecule has 0 aromatic carbocycles. The van der Waals surface area contributed by atoms with Crippen LogP contribution in [0.4, 0.5) is 22.8 Å². The van der Waals surface area contributed by atoms with Gasteiger partial charge in [0.15, 0.2) is 11.3 Å². The summed E-state index contributed by atoms with van der Waals surface area (Å²) in [5, 5.41) is 1.95. The van der Waals surface area contributed by atoms with Crippen LogP contribution in [0.1, 0.15) is 37.8 Å². The van der Waals surface area contributed by atoms with Crippen molar-refractivity contribution in [3.8, 4) is 0 Å². The molecule has 210 valence electrons. The highest BCUT2D eigenvalue weighted by atomic mass is 19.4. The monoisotopic (exact) mass is 549 g/mol. The SMILES string of the molecule is CC[C@@H]1CN(C(=O)NCC(F)(F)F)CC1c1cnc2cnc3c(ccn3C(=O)N(C)CCOC(=O)C3CC3)n12. The van der Waals surface area contributed by atoms with Crippen LogP contribution in [0.15, 0.2) is 24.7 Å². The standard InChI is InChI=1S/C25H30F3N7O4/c1-3-15-12-33(23(37)31-14-25(26,27)28)13-17(15)19-10-29-20-11-30-21-18(35(19)20)6-7-34(21)24(38)32(2)8-9-39-22(36)16-4-5-16/h6-7,10-11,15-17H,3-5,8-9,12-14H2,1-2H3,(H,31,37)/t15-,17?/m1/s1. The van der Waals surface area contributed by atoms with Crippen molar-refractivity contribution in [3.05, 3.63) is 30.4 Å². The Bertz CT molecular complexity index is 1400. The van der Waals surface area contributed by atoms with Gasteiger partial charge in [-0.1, -0.05) is 13.3 Å². The molecule has 3 aromatic rings. The molecule has 1 N–H and O–H groups in total. The van der Waals surface area contributed by atoms with E-state index in [2.05, 4.69) is 9.97 Å². The first-order valence-corrected chi connectivity index (χ1v) is 12.9. The summed E-state index contributed by atoms with van der Waals surface area (Å²) in [6.07, 6.45) is 2.78. The number of alkyl halides is 3. The van der Waals surface area contributed by atoms with Crippen molar-refractivity contribution in [1.29, 1.82) is 0 Å². The highest BCUT2D eigenvalue weighted by Gasteiger charge is 2.38. The van der Waals surface area contributed by atoms with Crippen LogP contribution < -0.4 is 5.32 Å². The Hall–Kier alpha value is -3.84. The molecule has 2 aliphatic rings. The van der Waals surface area contributed by atoms with Crippen LogP contribution in [0.5, 0.6) is 0 Å². The first-order valence-electron chi connectivity index (χ1n) is 12.9. The zero-order valence-corrected chi connectivity index (χ0v) is 21.6. The van der Waals surface area contributed by atoms with E-state index in [-0.39, 0.29) is 49.5 Å². The summed E-state index contributed by atoms with van der Waals surface area (Å²) in [4.78, 5) is 49.1. The van der Waals surface area contributed by atoms with E-state index in [1.807, 2.05) is 16.6 Å². The lowest BCUT2D eigenvalue weighted by Crippen LogP contribution is -2.42. The summed E-state index contributed by atoms with van der Waals surface area (Å²) in [5.74, 6) is -0.398. The Labute approximate surface area is 221 Å². The number of imidazole rings is 1. The molecule has 1 aliphatic carbocycles. The lowest BCUT2D eigenvalue weighted by atomic mass is 9.91. The van der Waals surface area contributed by atoms with Gasteiger partial charge in [-0.15, -0.1) is 0 Å². The highest BCUT2D eigenvalue weighted by Crippen LogP contribution is 2.36. The average Bonchev–Trinajstić information content (AvgIpc) is 3.32. The molecule has 0 spiro atoms. The van der Waals surface area contributed by atoms with Crippen molar-refractivity contribution in [3.63, 3.8) is 0 Å². The minimum Gasteiger partial charge on any atom is -0.464 e. The summed E-state index contributed by atoms with van der Waals surface area (Å²) in [7, 11) is 1.61. The third-order valence-electron chi connectivity index (χ3n) is 7.39. The van der Waals surface area contributed by atoms with E-state index in [9.17, 15) is 27.6 Å². The van der Waals surface area contributed by atoms with Crippen LogP contribution in [-0.2, 0) is 9.53 Å². The van der Waals surface area contributed by atoms with Gasteiger partial charge in [0, 0.05) is 44.1 Å². The van der Waals surface area contributed by atoms with E-state index in [1.54, 1.807) is 31.7 Å². The van der Waals surface area contributed by atoms with Crippen molar-refractivity contribution in [2.75, 3.05) is 39.8 Å². The molecule has 0 bridgehead atoms. The predicted octanol–water partition coefficient (Wildman–Crippen LogP) is 3.23. The maximum Gasteiger partial charge on any atom is 0.405 e. The number of hydrogen-bond donors (Lipinski definition) is 1. The van der Waals surface area contributed by atoms with E-state index in [1.165, 1.54) is 14.4 Å². The van der Waals surface area contributed by atoms with E-state index in [4.69, 9.17) is 4.74 Å². The average molecular weight is 550 g/mol. The van der Waals surface area contributed by atoms with Crippen molar-refractivity contribution in [2.45, 2.75) is 38.3 Å². The van der Waals surface area contributed by atoms with Crippen molar-refractivity contribution in [2.24, 2.45) is 11.8 Å². The van der Waals surface area contributed by atoms with Gasteiger partial charge < -0.3 is 19.9 Å². The van der Waals surface area contributed by atoms with Gasteiger partial charge in [0.25, 0.3) is 0 Å². The molecule has 11 nitrogen and oxygen atoms in total. The summed E-state index contributed by atoms with van der Waals surface area (Å²) in [6, 6.07) is 0.653. The van der Waals surface area contributed by atoms with Gasteiger partial charge in [0.2, 0.25) is 0 Å². The predicted molar refractivity (Wildman–Crippen MR) is 133 cm³/mol. The largest absolute Gasteiger partial charge is 0.464 e. The Balaban J connectivity index is 1.36. The second kappa shape index (κ2) is 10.4. The third-order valence-corrected chi connectivity index (χ3v) is 7.39. The molecule has 3 amide bonds. The van der Waals surface area contributed by atoms with Crippen molar-refractivity contribution >= 4 is 34.8 Å². The summed E-state index contributed by atoms with van der Waals surface area (Å²) in [5.41, 5.74) is 2.38. The minimum absolute atomic E-state index is 0.0103. The fourth-order valence-corrected chi connectivity index (χ4v) is 5.06. The molecule has 5 rings (SSSR count). The van der Waals surface area contributed by atoms with Crippen LogP contribution in [-0.4, -0.2) is 92.8 Å². The lowest BCUT2D eigenvalue weighted by molar-refractivity contribution is -0.145. The van der Waals surface area contributed by atoms with E-state index < -0.39 is 18.8 Å². The molecule has 39 heavy (non-hydrogen) atoms. The molecule has 1 saturated carbocycles. The number of urea groups is 1. The third kappa shape index (κ3) is 5.50. The quantitative estimate of drug-likeness (QED) is 0.453. The smallest absolute Gasteiger partial charge is 0.405 e. The first-order chi connectivity index (χ1) is 18.6. The maximum atomic E-state index is 13.2. The Kier molecular flexibility index (Phi) is 7.12. The Morgan fingerprint density at radius 3 is 2.64 bits per heavy atom. The number of amides is 3. The minimum atomic E-state index is -4.49. The zero-order chi connectivity index (χ0) is 27.9. The van der Waals surface area contributed by atoms with Crippen LogP contribution in [0, 0.1) is 11.8 Å². The summed E-state index contributed by atoms with van der Waals surface area (Å²) in [6.45, 7) is 1.48. The van der Waals surface area contributed by atoms with Crippen LogP contribution in [0.25, 0.3) is 16.8 Å². The number of ether oxygens (including phenoxy) is 1. The fourth-order valence-electron chi connectivity index (χ4n) is 5.06.